The van der Waals surface area contributed by atoms with E-state index in [-0.39, 0.29) is 29.7 Å². The normalized spacial score (nSPS) is 23.9. The molecule has 1 aliphatic carbocycles. The number of nitrogens with zero attached hydrogens (tertiary/aromatic N) is 2. The van der Waals surface area contributed by atoms with Crippen molar-refractivity contribution in [2.24, 2.45) is 16.8 Å². The molecule has 3 atom stereocenters. The maximum Gasteiger partial charge on any atom is 0.240 e. The number of hydrogen-bond donors (Lipinski definition) is 2. The maximum atomic E-state index is 12.3. The molecule has 134 valence electrons. The van der Waals surface area contributed by atoms with Gasteiger partial charge in [-0.05, 0) is 41.8 Å². The third-order valence-corrected chi connectivity index (χ3v) is 5.21. The van der Waals surface area contributed by atoms with E-state index in [1.54, 1.807) is 19.2 Å². The van der Waals surface area contributed by atoms with Crippen molar-refractivity contribution >= 4 is 11.6 Å². The largest absolute Gasteiger partial charge is 0.508 e. The van der Waals surface area contributed by atoms with E-state index in [4.69, 9.17) is 10.5 Å². The monoisotopic (exact) mass is 351 g/mol. The number of carbonyl (C=O) groups excluding carboxylic acids is 1. The van der Waals surface area contributed by atoms with Crippen LogP contribution in [0.15, 0.2) is 47.6 Å². The molecule has 3 N–H and O–H groups in total. The van der Waals surface area contributed by atoms with E-state index in [0.717, 1.165) is 28.2 Å². The molecule has 0 radical (unpaired) electrons. The van der Waals surface area contributed by atoms with Gasteiger partial charge in [-0.3, -0.25) is 4.79 Å². The Morgan fingerprint density at radius 1 is 1.27 bits per heavy atom. The minimum absolute atomic E-state index is 0.00181. The van der Waals surface area contributed by atoms with Crippen molar-refractivity contribution in [2.45, 2.75) is 25.4 Å². The van der Waals surface area contributed by atoms with Crippen molar-refractivity contribution in [3.8, 4) is 11.5 Å². The van der Waals surface area contributed by atoms with Crippen molar-refractivity contribution in [2.75, 3.05) is 7.11 Å². The number of carbonyl (C=O) groups is 1. The topological polar surface area (TPSA) is 88.1 Å². The summed E-state index contributed by atoms with van der Waals surface area (Å²) < 4.78 is 5.36. The van der Waals surface area contributed by atoms with Crippen LogP contribution < -0.4 is 10.5 Å². The number of nitrogens with two attached hydrogens (primary N) is 1. The summed E-state index contributed by atoms with van der Waals surface area (Å²) in [5.41, 5.74) is 10.2. The van der Waals surface area contributed by atoms with Crippen LogP contribution in [0.5, 0.6) is 11.5 Å². The highest BCUT2D eigenvalue weighted by molar-refractivity contribution is 6.07. The van der Waals surface area contributed by atoms with Gasteiger partial charge in [0.05, 0.1) is 18.9 Å². The fraction of sp³-hybridized carbons (Fsp3) is 0.300. The lowest BCUT2D eigenvalue weighted by molar-refractivity contribution is -0.131. The van der Waals surface area contributed by atoms with Crippen LogP contribution in [-0.4, -0.2) is 28.8 Å². The number of methoxy groups -OCH3 is 1. The summed E-state index contributed by atoms with van der Waals surface area (Å²) >= 11 is 0. The van der Waals surface area contributed by atoms with Crippen LogP contribution in [0, 0.1) is 5.92 Å². The van der Waals surface area contributed by atoms with Gasteiger partial charge in [-0.1, -0.05) is 18.2 Å². The number of phenolic OH excluding ortho intramolecular Hbond substituents is 1. The molecule has 6 heteroatoms. The van der Waals surface area contributed by atoms with Crippen LogP contribution in [0.4, 0.5) is 0 Å². The molecule has 0 aromatic heterocycles. The first-order chi connectivity index (χ1) is 12.5. The van der Waals surface area contributed by atoms with Gasteiger partial charge in [0.25, 0.3) is 0 Å². The van der Waals surface area contributed by atoms with E-state index in [9.17, 15) is 9.90 Å². The van der Waals surface area contributed by atoms with E-state index in [1.807, 2.05) is 30.3 Å². The van der Waals surface area contributed by atoms with Gasteiger partial charge in [0, 0.05) is 24.4 Å². The van der Waals surface area contributed by atoms with Crippen molar-refractivity contribution in [1.82, 2.24) is 5.01 Å². The zero-order valence-corrected chi connectivity index (χ0v) is 14.7. The zero-order chi connectivity index (χ0) is 18.4. The number of fused-ring (bicyclic) bond motifs is 3. The van der Waals surface area contributed by atoms with Crippen LogP contribution in [0.3, 0.4) is 0 Å². The van der Waals surface area contributed by atoms with Crippen LogP contribution in [0.25, 0.3) is 0 Å². The molecular formula is C20H21N3O3. The second-order valence-corrected chi connectivity index (χ2v) is 6.79. The minimum atomic E-state index is -0.228. The van der Waals surface area contributed by atoms with Crippen molar-refractivity contribution in [3.05, 3.63) is 59.2 Å². The Bertz CT molecular complexity index is 892. The van der Waals surface area contributed by atoms with Crippen molar-refractivity contribution < 1.29 is 14.6 Å². The molecule has 0 saturated heterocycles. The highest BCUT2D eigenvalue weighted by atomic mass is 16.5. The van der Waals surface area contributed by atoms with Gasteiger partial charge in [-0.25, -0.2) is 5.01 Å². The Hall–Kier alpha value is -2.86. The number of benzene rings is 2. The molecule has 2 aromatic carbocycles. The minimum Gasteiger partial charge on any atom is -0.508 e. The van der Waals surface area contributed by atoms with Gasteiger partial charge in [0.1, 0.15) is 11.5 Å². The van der Waals surface area contributed by atoms with E-state index >= 15 is 0 Å². The van der Waals surface area contributed by atoms with Gasteiger partial charge in [0.2, 0.25) is 5.91 Å². The number of aromatic hydroxyl groups is 1. The lowest BCUT2D eigenvalue weighted by atomic mass is 9.75. The third-order valence-electron chi connectivity index (χ3n) is 5.21. The average molecular weight is 351 g/mol. The zero-order valence-electron chi connectivity index (χ0n) is 14.7. The van der Waals surface area contributed by atoms with Gasteiger partial charge < -0.3 is 15.6 Å². The molecule has 6 nitrogen and oxygen atoms in total. The summed E-state index contributed by atoms with van der Waals surface area (Å²) in [5.74, 6) is 0.806. The molecule has 0 spiro atoms. The van der Waals surface area contributed by atoms with Crippen LogP contribution in [0.1, 0.15) is 42.1 Å². The van der Waals surface area contributed by atoms with Crippen LogP contribution in [0.2, 0.25) is 0 Å². The number of rotatable bonds is 2. The summed E-state index contributed by atoms with van der Waals surface area (Å²) in [6.07, 6.45) is 0.702. The van der Waals surface area contributed by atoms with E-state index in [1.165, 1.54) is 11.9 Å². The Labute approximate surface area is 151 Å². The molecule has 4 rings (SSSR count). The lowest BCUT2D eigenvalue weighted by Gasteiger charge is -2.32. The molecule has 1 amide bonds. The fourth-order valence-corrected chi connectivity index (χ4v) is 3.99. The average Bonchev–Trinajstić information content (AvgIpc) is 3.02. The van der Waals surface area contributed by atoms with Gasteiger partial charge in [-0.15, -0.1) is 0 Å². The Balaban J connectivity index is 1.83. The molecule has 0 bridgehead atoms. The number of ether oxygens (including phenoxy) is 1. The standard InChI is InChI=1S/C20H21N3O3/c1-11(24)23-20(12-3-5-13(25)6-4-12)17-10-18(21)15-8-7-14(26-2)9-16(15)19(17)22-23/h3-9,17-18,20,25H,10,21H2,1-2H3/t17?,18?,20-/m1/s1. The quantitative estimate of drug-likeness (QED) is 0.871. The number of phenols is 1. The number of hydrazone groups is 1. The number of amides is 1. The molecule has 1 aliphatic heterocycles. The smallest absolute Gasteiger partial charge is 0.240 e. The predicted octanol–water partition coefficient (Wildman–Crippen LogP) is 2.73. The molecule has 0 saturated carbocycles. The van der Waals surface area contributed by atoms with Gasteiger partial charge >= 0.3 is 0 Å². The molecule has 1 heterocycles. The summed E-state index contributed by atoms with van der Waals surface area (Å²) in [5, 5.41) is 15.8. The maximum absolute atomic E-state index is 12.3. The Morgan fingerprint density at radius 2 is 2.00 bits per heavy atom. The first-order valence-corrected chi connectivity index (χ1v) is 8.60. The Morgan fingerprint density at radius 3 is 2.65 bits per heavy atom. The second-order valence-electron chi connectivity index (χ2n) is 6.79. The molecule has 2 unspecified atom stereocenters. The van der Waals surface area contributed by atoms with Gasteiger partial charge in [0.15, 0.2) is 0 Å². The number of hydrogen-bond acceptors (Lipinski definition) is 5. The van der Waals surface area contributed by atoms with Gasteiger partial charge in [-0.2, -0.15) is 5.10 Å². The third kappa shape index (κ3) is 2.54. The molecule has 2 aromatic rings. The molecule has 26 heavy (non-hydrogen) atoms. The molecule has 2 aliphatic rings. The van der Waals surface area contributed by atoms with E-state index < -0.39 is 0 Å². The molecule has 0 fully saturated rings. The van der Waals surface area contributed by atoms with Crippen molar-refractivity contribution in [3.63, 3.8) is 0 Å². The van der Waals surface area contributed by atoms with Crippen molar-refractivity contribution in [1.29, 1.82) is 0 Å². The summed E-state index contributed by atoms with van der Waals surface area (Å²) in [4.78, 5) is 12.3. The first kappa shape index (κ1) is 16.6. The molecular weight excluding hydrogens is 330 g/mol. The Kier molecular flexibility index (Phi) is 3.92. The predicted molar refractivity (Wildman–Crippen MR) is 97.9 cm³/mol. The first-order valence-electron chi connectivity index (χ1n) is 8.60. The fourth-order valence-electron chi connectivity index (χ4n) is 3.99. The van der Waals surface area contributed by atoms with E-state index in [2.05, 4.69) is 5.10 Å². The summed E-state index contributed by atoms with van der Waals surface area (Å²) in [7, 11) is 1.62. The SMILES string of the molecule is COc1ccc2c(c1)C1=NN(C(C)=O)[C@H](c3ccc(O)cc3)C1CC2N. The van der Waals surface area contributed by atoms with Crippen LogP contribution >= 0.6 is 0 Å². The lowest BCUT2D eigenvalue weighted by Crippen LogP contribution is -2.34. The highest BCUT2D eigenvalue weighted by Crippen LogP contribution is 2.46. The second kappa shape index (κ2) is 6.14. The highest BCUT2D eigenvalue weighted by Gasteiger charge is 2.45. The van der Waals surface area contributed by atoms with E-state index in [0.29, 0.717) is 6.42 Å². The summed E-state index contributed by atoms with van der Waals surface area (Å²) in [6, 6.07) is 12.4. The summed E-state index contributed by atoms with van der Waals surface area (Å²) in [6.45, 7) is 1.52. The van der Waals surface area contributed by atoms with Crippen LogP contribution in [-0.2, 0) is 4.79 Å².